The van der Waals surface area contributed by atoms with E-state index < -0.39 is 5.97 Å². The normalized spacial score (nSPS) is 10.2. The van der Waals surface area contributed by atoms with Gasteiger partial charge in [0.05, 0.1) is 7.11 Å². The zero-order chi connectivity index (χ0) is 18.5. The van der Waals surface area contributed by atoms with E-state index >= 15 is 0 Å². The van der Waals surface area contributed by atoms with E-state index in [0.717, 1.165) is 16.8 Å². The van der Waals surface area contributed by atoms with Crippen LogP contribution >= 0.6 is 0 Å². The van der Waals surface area contributed by atoms with Crippen molar-refractivity contribution in [3.8, 4) is 11.1 Å². The molecule has 0 atom stereocenters. The van der Waals surface area contributed by atoms with Crippen molar-refractivity contribution in [1.29, 1.82) is 0 Å². The summed E-state index contributed by atoms with van der Waals surface area (Å²) in [6.45, 7) is 0. The molecule has 3 aromatic rings. The van der Waals surface area contributed by atoms with Crippen molar-refractivity contribution in [3.05, 3.63) is 84.2 Å². The molecule has 0 spiro atoms. The zero-order valence-corrected chi connectivity index (χ0v) is 14.5. The van der Waals surface area contributed by atoms with Crippen LogP contribution in [0.3, 0.4) is 0 Å². The van der Waals surface area contributed by atoms with Crippen molar-refractivity contribution in [1.82, 2.24) is 4.98 Å². The highest BCUT2D eigenvalue weighted by Crippen LogP contribution is 2.23. The standard InChI is InChI=1S/C21H18N2O3/c1-23(20(24)17-12-13-22-19(14-17)21(25)26-2)18-10-8-16(9-11-18)15-6-4-3-5-7-15/h3-14H,1-2H3. The summed E-state index contributed by atoms with van der Waals surface area (Å²) < 4.78 is 4.64. The van der Waals surface area contributed by atoms with Gasteiger partial charge in [-0.2, -0.15) is 0 Å². The molecule has 1 heterocycles. The van der Waals surface area contributed by atoms with Crippen LogP contribution in [-0.2, 0) is 4.74 Å². The maximum atomic E-state index is 12.7. The summed E-state index contributed by atoms with van der Waals surface area (Å²) in [6, 6.07) is 20.8. The number of anilines is 1. The van der Waals surface area contributed by atoms with Crippen LogP contribution in [0.5, 0.6) is 0 Å². The van der Waals surface area contributed by atoms with Gasteiger partial charge in [-0.05, 0) is 35.4 Å². The summed E-state index contributed by atoms with van der Waals surface area (Å²) in [5, 5.41) is 0. The maximum absolute atomic E-state index is 12.7. The summed E-state index contributed by atoms with van der Waals surface area (Å²) >= 11 is 0. The number of esters is 1. The molecule has 1 aromatic heterocycles. The molecule has 2 aromatic carbocycles. The van der Waals surface area contributed by atoms with E-state index in [1.54, 1.807) is 13.1 Å². The number of nitrogens with zero attached hydrogens (tertiary/aromatic N) is 2. The number of amides is 1. The van der Waals surface area contributed by atoms with Gasteiger partial charge in [-0.25, -0.2) is 9.78 Å². The summed E-state index contributed by atoms with van der Waals surface area (Å²) in [6.07, 6.45) is 1.42. The lowest BCUT2D eigenvalue weighted by atomic mass is 10.1. The Morgan fingerprint density at radius 3 is 2.23 bits per heavy atom. The molecule has 5 nitrogen and oxygen atoms in total. The minimum atomic E-state index is -0.575. The molecule has 0 unspecified atom stereocenters. The molecule has 130 valence electrons. The maximum Gasteiger partial charge on any atom is 0.356 e. The fourth-order valence-corrected chi connectivity index (χ4v) is 2.60. The third-order valence-corrected chi connectivity index (χ3v) is 4.07. The number of aromatic nitrogens is 1. The molecule has 0 saturated carbocycles. The van der Waals surface area contributed by atoms with Crippen LogP contribution in [0.1, 0.15) is 20.8 Å². The molecular weight excluding hydrogens is 328 g/mol. The first kappa shape index (κ1) is 17.4. The minimum absolute atomic E-state index is 0.103. The van der Waals surface area contributed by atoms with Gasteiger partial charge in [-0.1, -0.05) is 42.5 Å². The molecule has 5 heteroatoms. The van der Waals surface area contributed by atoms with Crippen LogP contribution in [0.4, 0.5) is 5.69 Å². The quantitative estimate of drug-likeness (QED) is 0.674. The largest absolute Gasteiger partial charge is 0.464 e. The Balaban J connectivity index is 1.82. The number of carbonyl (C=O) groups is 2. The number of carbonyl (C=O) groups excluding carboxylic acids is 2. The average Bonchev–Trinajstić information content (AvgIpc) is 2.73. The Hall–Kier alpha value is -3.47. The third kappa shape index (κ3) is 3.62. The van der Waals surface area contributed by atoms with Crippen LogP contribution in [0.15, 0.2) is 72.9 Å². The topological polar surface area (TPSA) is 59.5 Å². The van der Waals surface area contributed by atoms with Gasteiger partial charge in [0.15, 0.2) is 0 Å². The number of hydrogen-bond acceptors (Lipinski definition) is 4. The highest BCUT2D eigenvalue weighted by atomic mass is 16.5. The van der Waals surface area contributed by atoms with Gasteiger partial charge in [0, 0.05) is 24.5 Å². The highest BCUT2D eigenvalue weighted by molar-refractivity contribution is 6.06. The first-order valence-corrected chi connectivity index (χ1v) is 8.08. The van der Waals surface area contributed by atoms with Gasteiger partial charge in [0.25, 0.3) is 5.91 Å². The second-order valence-corrected chi connectivity index (χ2v) is 5.70. The number of ether oxygens (including phenoxy) is 1. The Morgan fingerprint density at radius 2 is 1.58 bits per heavy atom. The molecule has 0 bridgehead atoms. The Kier molecular flexibility index (Phi) is 5.08. The van der Waals surface area contributed by atoms with Gasteiger partial charge < -0.3 is 9.64 Å². The Bertz CT molecular complexity index is 922. The van der Waals surface area contributed by atoms with Crippen LogP contribution in [0.25, 0.3) is 11.1 Å². The van der Waals surface area contributed by atoms with E-state index in [-0.39, 0.29) is 11.6 Å². The first-order valence-electron chi connectivity index (χ1n) is 8.08. The van der Waals surface area contributed by atoms with E-state index in [4.69, 9.17) is 0 Å². The van der Waals surface area contributed by atoms with Gasteiger partial charge in [-0.3, -0.25) is 4.79 Å². The molecule has 3 rings (SSSR count). The molecule has 0 radical (unpaired) electrons. The van der Waals surface area contributed by atoms with E-state index in [9.17, 15) is 9.59 Å². The molecule has 26 heavy (non-hydrogen) atoms. The Labute approximate surface area is 151 Å². The summed E-state index contributed by atoms with van der Waals surface area (Å²) in [4.78, 5) is 29.8. The van der Waals surface area contributed by atoms with Crippen LogP contribution in [0.2, 0.25) is 0 Å². The van der Waals surface area contributed by atoms with Crippen LogP contribution in [-0.4, -0.2) is 31.0 Å². The first-order chi connectivity index (χ1) is 12.6. The van der Waals surface area contributed by atoms with E-state index in [1.165, 1.54) is 24.3 Å². The molecule has 0 N–H and O–H groups in total. The van der Waals surface area contributed by atoms with Gasteiger partial charge in [-0.15, -0.1) is 0 Å². The van der Waals surface area contributed by atoms with Gasteiger partial charge >= 0.3 is 5.97 Å². The number of methoxy groups -OCH3 is 1. The molecule has 0 aliphatic rings. The number of benzene rings is 2. The van der Waals surface area contributed by atoms with Crippen molar-refractivity contribution >= 4 is 17.6 Å². The van der Waals surface area contributed by atoms with Crippen LogP contribution < -0.4 is 4.90 Å². The number of rotatable bonds is 4. The number of pyridine rings is 1. The lowest BCUT2D eigenvalue weighted by Crippen LogP contribution is -2.26. The van der Waals surface area contributed by atoms with Crippen LogP contribution in [0, 0.1) is 0 Å². The minimum Gasteiger partial charge on any atom is -0.464 e. The lowest BCUT2D eigenvalue weighted by molar-refractivity contribution is 0.0594. The second kappa shape index (κ2) is 7.61. The van der Waals surface area contributed by atoms with Crippen molar-refractivity contribution in [2.24, 2.45) is 0 Å². The van der Waals surface area contributed by atoms with E-state index in [1.807, 2.05) is 54.6 Å². The van der Waals surface area contributed by atoms with Crippen molar-refractivity contribution in [2.75, 3.05) is 19.1 Å². The molecule has 0 fully saturated rings. The summed E-state index contributed by atoms with van der Waals surface area (Å²) in [5.41, 5.74) is 3.42. The predicted octanol–water partition coefficient (Wildman–Crippen LogP) is 3.81. The van der Waals surface area contributed by atoms with Crippen molar-refractivity contribution < 1.29 is 14.3 Å². The average molecular weight is 346 g/mol. The van der Waals surface area contributed by atoms with Gasteiger partial charge in [0.2, 0.25) is 0 Å². The Morgan fingerprint density at radius 1 is 0.923 bits per heavy atom. The summed E-state index contributed by atoms with van der Waals surface area (Å²) in [5.74, 6) is -0.806. The van der Waals surface area contributed by atoms with Crippen molar-refractivity contribution in [2.45, 2.75) is 0 Å². The molecule has 0 aliphatic heterocycles. The SMILES string of the molecule is COC(=O)c1cc(C(=O)N(C)c2ccc(-c3ccccc3)cc2)ccn1. The van der Waals surface area contributed by atoms with Crippen molar-refractivity contribution in [3.63, 3.8) is 0 Å². The zero-order valence-electron chi connectivity index (χ0n) is 14.5. The molecule has 0 saturated heterocycles. The van der Waals surface area contributed by atoms with E-state index in [2.05, 4.69) is 9.72 Å². The second-order valence-electron chi connectivity index (χ2n) is 5.70. The highest BCUT2D eigenvalue weighted by Gasteiger charge is 2.16. The van der Waals surface area contributed by atoms with Gasteiger partial charge in [0.1, 0.15) is 5.69 Å². The van der Waals surface area contributed by atoms with E-state index in [0.29, 0.717) is 5.56 Å². The monoisotopic (exact) mass is 346 g/mol. The lowest BCUT2D eigenvalue weighted by Gasteiger charge is -2.18. The third-order valence-electron chi connectivity index (χ3n) is 4.07. The fourth-order valence-electron chi connectivity index (χ4n) is 2.60. The summed E-state index contributed by atoms with van der Waals surface area (Å²) in [7, 11) is 2.97. The number of hydrogen-bond donors (Lipinski definition) is 0. The fraction of sp³-hybridized carbons (Fsp3) is 0.0952. The molecule has 0 aliphatic carbocycles. The predicted molar refractivity (Wildman–Crippen MR) is 100 cm³/mol. The molecular formula is C21H18N2O3. The smallest absolute Gasteiger partial charge is 0.356 e. The molecule has 1 amide bonds.